The van der Waals surface area contributed by atoms with Crippen molar-refractivity contribution in [2.45, 2.75) is 12.8 Å². The molecule has 1 unspecified atom stereocenters. The lowest BCUT2D eigenvalue weighted by molar-refractivity contribution is 0.276. The summed E-state index contributed by atoms with van der Waals surface area (Å²) in [6.07, 6.45) is 3.06. The van der Waals surface area contributed by atoms with Gasteiger partial charge in [-0.05, 0) is 30.9 Å². The maximum Gasteiger partial charge on any atom is 0.211 e. The number of piperidine rings is 1. The summed E-state index contributed by atoms with van der Waals surface area (Å²) in [5, 5.41) is 3.06. The van der Waals surface area contributed by atoms with Crippen molar-refractivity contribution in [3.05, 3.63) is 30.1 Å². The van der Waals surface area contributed by atoms with Crippen LogP contribution < -0.4 is 5.32 Å². The fourth-order valence-electron chi connectivity index (χ4n) is 2.35. The third-order valence-corrected chi connectivity index (χ3v) is 4.68. The first-order valence-electron chi connectivity index (χ1n) is 6.40. The Morgan fingerprint density at radius 1 is 1.42 bits per heavy atom. The first-order valence-corrected chi connectivity index (χ1v) is 8.25. The zero-order valence-corrected chi connectivity index (χ0v) is 11.8. The Morgan fingerprint density at radius 2 is 2.16 bits per heavy atom. The molecule has 1 fully saturated rings. The number of anilines is 1. The van der Waals surface area contributed by atoms with Gasteiger partial charge in [-0.3, -0.25) is 0 Å². The molecule has 1 saturated heterocycles. The molecule has 0 radical (unpaired) electrons. The van der Waals surface area contributed by atoms with Crippen LogP contribution in [0.25, 0.3) is 0 Å². The Balaban J connectivity index is 1.92. The predicted octanol–water partition coefficient (Wildman–Crippen LogP) is 1.91. The quantitative estimate of drug-likeness (QED) is 0.920. The average Bonchev–Trinajstić information content (AvgIpc) is 2.37. The molecular weight excluding hydrogens is 267 g/mol. The third kappa shape index (κ3) is 3.91. The number of nitrogens with zero attached hydrogens (tertiary/aromatic N) is 1. The molecule has 1 heterocycles. The van der Waals surface area contributed by atoms with E-state index in [0.717, 1.165) is 12.8 Å². The summed E-state index contributed by atoms with van der Waals surface area (Å²) in [6.45, 7) is 1.70. The van der Waals surface area contributed by atoms with Gasteiger partial charge in [0.1, 0.15) is 5.82 Å². The zero-order valence-electron chi connectivity index (χ0n) is 11.0. The highest BCUT2D eigenvalue weighted by molar-refractivity contribution is 7.88. The zero-order chi connectivity index (χ0) is 13.9. The number of nitrogens with one attached hydrogen (secondary N) is 1. The number of hydrogen-bond donors (Lipinski definition) is 1. The first kappa shape index (κ1) is 14.3. The molecule has 1 aliphatic heterocycles. The van der Waals surface area contributed by atoms with E-state index in [0.29, 0.717) is 25.3 Å². The van der Waals surface area contributed by atoms with Gasteiger partial charge in [-0.25, -0.2) is 17.1 Å². The molecule has 0 saturated carbocycles. The van der Waals surface area contributed by atoms with Crippen LogP contribution in [0.4, 0.5) is 10.1 Å². The molecule has 0 spiro atoms. The normalized spacial score (nSPS) is 21.3. The summed E-state index contributed by atoms with van der Waals surface area (Å²) < 4.78 is 38.0. The van der Waals surface area contributed by atoms with E-state index in [2.05, 4.69) is 5.32 Å². The highest BCUT2D eigenvalue weighted by Gasteiger charge is 2.25. The molecule has 1 N–H and O–H groups in total. The summed E-state index contributed by atoms with van der Waals surface area (Å²) in [7, 11) is -3.12. The number of benzene rings is 1. The van der Waals surface area contributed by atoms with Crippen molar-refractivity contribution in [3.63, 3.8) is 0 Å². The number of hydrogen-bond acceptors (Lipinski definition) is 3. The van der Waals surface area contributed by atoms with Crippen molar-refractivity contribution in [1.29, 1.82) is 0 Å². The second-order valence-corrected chi connectivity index (χ2v) is 6.97. The molecule has 0 aliphatic carbocycles. The monoisotopic (exact) mass is 286 g/mol. The smallest absolute Gasteiger partial charge is 0.211 e. The van der Waals surface area contributed by atoms with Gasteiger partial charge in [-0.15, -0.1) is 0 Å². The lowest BCUT2D eigenvalue weighted by Crippen LogP contribution is -2.41. The molecule has 1 aromatic carbocycles. The summed E-state index contributed by atoms with van der Waals surface area (Å²) in [4.78, 5) is 0. The second kappa shape index (κ2) is 5.88. The second-order valence-electron chi connectivity index (χ2n) is 4.99. The molecule has 2 rings (SSSR count). The van der Waals surface area contributed by atoms with Crippen LogP contribution in [0.3, 0.4) is 0 Å². The Bertz CT molecular complexity index is 533. The van der Waals surface area contributed by atoms with Gasteiger partial charge in [0.2, 0.25) is 10.0 Å². The molecule has 6 heteroatoms. The topological polar surface area (TPSA) is 49.4 Å². The lowest BCUT2D eigenvalue weighted by Gasteiger charge is -2.31. The number of para-hydroxylation sites is 1. The van der Waals surface area contributed by atoms with E-state index in [1.807, 2.05) is 0 Å². The molecule has 1 atom stereocenters. The van der Waals surface area contributed by atoms with Crippen LogP contribution in [0.1, 0.15) is 12.8 Å². The van der Waals surface area contributed by atoms with E-state index >= 15 is 0 Å². The van der Waals surface area contributed by atoms with Gasteiger partial charge in [0.25, 0.3) is 0 Å². The molecule has 19 heavy (non-hydrogen) atoms. The van der Waals surface area contributed by atoms with Crippen molar-refractivity contribution < 1.29 is 12.8 Å². The summed E-state index contributed by atoms with van der Waals surface area (Å²) in [5.41, 5.74) is 0.471. The fourth-order valence-corrected chi connectivity index (χ4v) is 3.30. The minimum atomic E-state index is -3.12. The van der Waals surface area contributed by atoms with E-state index in [1.54, 1.807) is 18.2 Å². The van der Waals surface area contributed by atoms with E-state index < -0.39 is 10.0 Å². The standard InChI is InChI=1S/C13H19FN2O2S/c1-19(17,18)16-8-4-5-11(10-16)9-15-13-7-3-2-6-12(13)14/h2-3,6-7,11,15H,4-5,8-10H2,1H3. The molecule has 0 amide bonds. The Morgan fingerprint density at radius 3 is 2.84 bits per heavy atom. The molecule has 0 bridgehead atoms. The van der Waals surface area contributed by atoms with Crippen LogP contribution in [-0.4, -0.2) is 38.6 Å². The predicted molar refractivity (Wildman–Crippen MR) is 74.0 cm³/mol. The van der Waals surface area contributed by atoms with Gasteiger partial charge in [-0.1, -0.05) is 12.1 Å². The third-order valence-electron chi connectivity index (χ3n) is 3.41. The molecule has 4 nitrogen and oxygen atoms in total. The minimum Gasteiger partial charge on any atom is -0.382 e. The lowest BCUT2D eigenvalue weighted by atomic mass is 9.99. The average molecular weight is 286 g/mol. The van der Waals surface area contributed by atoms with E-state index in [-0.39, 0.29) is 11.7 Å². The van der Waals surface area contributed by atoms with Crippen LogP contribution in [-0.2, 0) is 10.0 Å². The van der Waals surface area contributed by atoms with Crippen LogP contribution in [0.15, 0.2) is 24.3 Å². The minimum absolute atomic E-state index is 0.225. The van der Waals surface area contributed by atoms with Gasteiger partial charge in [-0.2, -0.15) is 0 Å². The van der Waals surface area contributed by atoms with Crippen molar-refractivity contribution in [3.8, 4) is 0 Å². The molecule has 1 aromatic rings. The van der Waals surface area contributed by atoms with Gasteiger partial charge >= 0.3 is 0 Å². The first-order chi connectivity index (χ1) is 8.97. The summed E-state index contributed by atoms with van der Waals surface area (Å²) in [5.74, 6) is -0.0543. The van der Waals surface area contributed by atoms with Crippen LogP contribution in [0, 0.1) is 11.7 Å². The SMILES string of the molecule is CS(=O)(=O)N1CCCC(CNc2ccccc2F)C1. The molecule has 1 aliphatic rings. The van der Waals surface area contributed by atoms with Gasteiger partial charge in [0.15, 0.2) is 0 Å². The van der Waals surface area contributed by atoms with Crippen molar-refractivity contribution >= 4 is 15.7 Å². The Hall–Kier alpha value is -1.14. The molecular formula is C13H19FN2O2S. The molecule has 0 aromatic heterocycles. The highest BCUT2D eigenvalue weighted by atomic mass is 32.2. The number of sulfonamides is 1. The van der Waals surface area contributed by atoms with Gasteiger partial charge in [0, 0.05) is 19.6 Å². The summed E-state index contributed by atoms with van der Waals surface area (Å²) in [6, 6.07) is 6.51. The van der Waals surface area contributed by atoms with E-state index in [1.165, 1.54) is 16.6 Å². The van der Waals surface area contributed by atoms with Gasteiger partial charge < -0.3 is 5.32 Å². The van der Waals surface area contributed by atoms with Crippen LogP contribution >= 0.6 is 0 Å². The number of rotatable bonds is 4. The fraction of sp³-hybridized carbons (Fsp3) is 0.538. The highest BCUT2D eigenvalue weighted by Crippen LogP contribution is 2.20. The maximum atomic E-state index is 13.4. The Kier molecular flexibility index (Phi) is 4.42. The van der Waals surface area contributed by atoms with Crippen molar-refractivity contribution in [2.75, 3.05) is 31.2 Å². The number of halogens is 1. The van der Waals surface area contributed by atoms with E-state index in [9.17, 15) is 12.8 Å². The van der Waals surface area contributed by atoms with Crippen LogP contribution in [0.2, 0.25) is 0 Å². The van der Waals surface area contributed by atoms with Crippen molar-refractivity contribution in [2.24, 2.45) is 5.92 Å². The van der Waals surface area contributed by atoms with Gasteiger partial charge in [0.05, 0.1) is 11.9 Å². The van der Waals surface area contributed by atoms with Crippen LogP contribution in [0.5, 0.6) is 0 Å². The Labute approximate surface area is 113 Å². The van der Waals surface area contributed by atoms with Crippen molar-refractivity contribution in [1.82, 2.24) is 4.31 Å². The molecule has 106 valence electrons. The summed E-state index contributed by atoms with van der Waals surface area (Å²) >= 11 is 0. The largest absolute Gasteiger partial charge is 0.382 e. The maximum absolute atomic E-state index is 13.4. The van der Waals surface area contributed by atoms with E-state index in [4.69, 9.17) is 0 Å².